The highest BCUT2D eigenvalue weighted by Gasteiger charge is 2.24. The number of carbonyl (C=O) groups is 2. The van der Waals surface area contributed by atoms with E-state index in [1.807, 2.05) is 58.8 Å². The monoisotopic (exact) mass is 501 g/mol. The number of piperazine rings is 1. The van der Waals surface area contributed by atoms with Crippen molar-refractivity contribution < 1.29 is 14.3 Å². The maximum atomic E-state index is 13.6. The molecule has 184 valence electrons. The largest absolute Gasteiger partial charge is 0.496 e. The number of nitrogens with one attached hydrogen (secondary N) is 1. The molecule has 0 atom stereocenters. The second kappa shape index (κ2) is 10.7. The van der Waals surface area contributed by atoms with Crippen LogP contribution in [0.4, 0.5) is 11.4 Å². The Labute approximate surface area is 213 Å². The summed E-state index contributed by atoms with van der Waals surface area (Å²) in [5.74, 6) is 0.475. The smallest absolute Gasteiger partial charge is 0.264 e. The van der Waals surface area contributed by atoms with E-state index >= 15 is 0 Å². The van der Waals surface area contributed by atoms with Crippen LogP contribution in [0.3, 0.4) is 0 Å². The highest BCUT2D eigenvalue weighted by molar-refractivity contribution is 7.12. The van der Waals surface area contributed by atoms with Gasteiger partial charge in [0.2, 0.25) is 0 Å². The molecule has 0 radical (unpaired) electrons. The van der Waals surface area contributed by atoms with Crippen molar-refractivity contribution in [2.45, 2.75) is 6.54 Å². The Bertz CT molecular complexity index is 1300. The Morgan fingerprint density at radius 2 is 1.81 bits per heavy atom. The Kier molecular flexibility index (Phi) is 6.99. The van der Waals surface area contributed by atoms with E-state index < -0.39 is 0 Å². The second-order valence-electron chi connectivity index (χ2n) is 8.44. The number of aromatic amines is 1. The Morgan fingerprint density at radius 3 is 2.47 bits per heavy atom. The third-order valence-electron chi connectivity index (χ3n) is 6.29. The van der Waals surface area contributed by atoms with Gasteiger partial charge in [-0.1, -0.05) is 18.2 Å². The maximum absolute atomic E-state index is 13.6. The van der Waals surface area contributed by atoms with E-state index in [0.29, 0.717) is 30.9 Å². The molecule has 0 aliphatic carbocycles. The number of ether oxygens (including phenoxy) is 1. The zero-order valence-electron chi connectivity index (χ0n) is 20.0. The lowest BCUT2D eigenvalue weighted by atomic mass is 10.1. The lowest BCUT2D eigenvalue weighted by molar-refractivity contribution is 0.0751. The summed E-state index contributed by atoms with van der Waals surface area (Å²) >= 11 is 1.48. The first kappa shape index (κ1) is 23.6. The first-order valence-electron chi connectivity index (χ1n) is 11.7. The molecule has 0 bridgehead atoms. The lowest BCUT2D eigenvalue weighted by Crippen LogP contribution is -2.48. The number of anilines is 2. The second-order valence-corrected chi connectivity index (χ2v) is 9.39. The molecule has 0 spiro atoms. The van der Waals surface area contributed by atoms with Gasteiger partial charge in [0.05, 0.1) is 36.1 Å². The summed E-state index contributed by atoms with van der Waals surface area (Å²) in [6.07, 6.45) is 3.32. The average molecular weight is 502 g/mol. The van der Waals surface area contributed by atoms with Gasteiger partial charge in [-0.15, -0.1) is 11.3 Å². The van der Waals surface area contributed by atoms with Gasteiger partial charge in [-0.2, -0.15) is 0 Å². The number of hydrogen-bond acceptors (Lipinski definition) is 6. The summed E-state index contributed by atoms with van der Waals surface area (Å²) < 4.78 is 5.43. The number of benzene rings is 2. The lowest BCUT2D eigenvalue weighted by Gasteiger charge is -2.36. The number of rotatable bonds is 7. The third-order valence-corrected chi connectivity index (χ3v) is 7.15. The van der Waals surface area contributed by atoms with Crippen LogP contribution in [-0.2, 0) is 6.54 Å². The van der Waals surface area contributed by atoms with E-state index in [4.69, 9.17) is 4.74 Å². The molecule has 1 aliphatic rings. The minimum atomic E-state index is -0.157. The molecule has 1 aliphatic heterocycles. The number of methoxy groups -OCH3 is 1. The summed E-state index contributed by atoms with van der Waals surface area (Å²) in [6.45, 7) is 3.22. The van der Waals surface area contributed by atoms with Crippen molar-refractivity contribution in [2.75, 3.05) is 43.1 Å². The van der Waals surface area contributed by atoms with Gasteiger partial charge < -0.3 is 24.4 Å². The third kappa shape index (κ3) is 4.96. The number of thiophene rings is 1. The van der Waals surface area contributed by atoms with Gasteiger partial charge >= 0.3 is 0 Å². The van der Waals surface area contributed by atoms with Gasteiger partial charge in [-0.3, -0.25) is 9.59 Å². The first-order valence-corrected chi connectivity index (χ1v) is 12.6. The van der Waals surface area contributed by atoms with E-state index in [9.17, 15) is 9.59 Å². The number of para-hydroxylation sites is 1. The zero-order valence-corrected chi connectivity index (χ0v) is 20.8. The normalized spacial score (nSPS) is 13.5. The molecule has 4 aromatic rings. The molecule has 1 N–H and O–H groups in total. The van der Waals surface area contributed by atoms with Crippen molar-refractivity contribution in [3.63, 3.8) is 0 Å². The van der Waals surface area contributed by atoms with E-state index in [2.05, 4.69) is 14.9 Å². The molecular weight excluding hydrogens is 474 g/mol. The number of amides is 2. The molecule has 2 amide bonds. The fourth-order valence-electron chi connectivity index (χ4n) is 4.36. The van der Waals surface area contributed by atoms with Crippen molar-refractivity contribution in [1.82, 2.24) is 14.9 Å². The van der Waals surface area contributed by atoms with Crippen LogP contribution < -0.4 is 14.5 Å². The van der Waals surface area contributed by atoms with Gasteiger partial charge in [-0.25, -0.2) is 4.98 Å². The van der Waals surface area contributed by atoms with E-state index in [1.54, 1.807) is 36.7 Å². The van der Waals surface area contributed by atoms with Crippen molar-refractivity contribution in [1.29, 1.82) is 0 Å². The molecule has 9 heteroatoms. The molecule has 0 unspecified atom stereocenters. The van der Waals surface area contributed by atoms with Crippen LogP contribution in [0.5, 0.6) is 5.75 Å². The van der Waals surface area contributed by atoms with E-state index in [-0.39, 0.29) is 11.8 Å². The van der Waals surface area contributed by atoms with Gasteiger partial charge in [0, 0.05) is 43.8 Å². The summed E-state index contributed by atoms with van der Waals surface area (Å²) in [6, 6.07) is 19.0. The summed E-state index contributed by atoms with van der Waals surface area (Å²) in [5.41, 5.74) is 3.16. The minimum absolute atomic E-state index is 0.101. The molecule has 1 fully saturated rings. The number of aromatic nitrogens is 2. The van der Waals surface area contributed by atoms with Crippen molar-refractivity contribution in [3.8, 4) is 5.75 Å². The van der Waals surface area contributed by atoms with Gasteiger partial charge in [0.25, 0.3) is 11.8 Å². The molecule has 5 rings (SSSR count). The quantitative estimate of drug-likeness (QED) is 0.409. The van der Waals surface area contributed by atoms with Crippen LogP contribution >= 0.6 is 11.3 Å². The van der Waals surface area contributed by atoms with Crippen LogP contribution in [0.1, 0.15) is 25.7 Å². The predicted octanol–water partition coefficient (Wildman–Crippen LogP) is 4.29. The molecule has 2 aromatic heterocycles. The number of imidazole rings is 1. The van der Waals surface area contributed by atoms with Gasteiger partial charge in [0.15, 0.2) is 0 Å². The Balaban J connectivity index is 1.32. The molecular formula is C27H27N5O3S. The SMILES string of the molecule is COc1ccccc1C(=O)N(Cc1cnc[nH]1)c1ccc(N2CCN(C(=O)c3cccs3)CC2)cc1. The molecule has 8 nitrogen and oxygen atoms in total. The van der Waals surface area contributed by atoms with Crippen LogP contribution in [0, 0.1) is 0 Å². The molecule has 36 heavy (non-hydrogen) atoms. The summed E-state index contributed by atoms with van der Waals surface area (Å²) in [5, 5.41) is 1.93. The molecule has 0 saturated carbocycles. The van der Waals surface area contributed by atoms with E-state index in [1.165, 1.54) is 11.3 Å². The Morgan fingerprint density at radius 1 is 1.03 bits per heavy atom. The Hall–Kier alpha value is -4.11. The fourth-order valence-corrected chi connectivity index (χ4v) is 5.05. The molecule has 2 aromatic carbocycles. The van der Waals surface area contributed by atoms with Crippen LogP contribution in [0.25, 0.3) is 0 Å². The first-order chi connectivity index (χ1) is 17.6. The van der Waals surface area contributed by atoms with E-state index in [0.717, 1.165) is 35.0 Å². The summed E-state index contributed by atoms with van der Waals surface area (Å²) in [4.78, 5) is 40.1. The zero-order chi connectivity index (χ0) is 24.9. The predicted molar refractivity (Wildman–Crippen MR) is 141 cm³/mol. The standard InChI is InChI=1S/C27H27N5O3S/c1-35-24-6-3-2-5-23(24)26(33)32(18-20-17-28-19-29-20)22-10-8-21(9-11-22)30-12-14-31(15-13-30)27(34)25-7-4-16-36-25/h2-11,16-17,19H,12-15,18H2,1H3,(H,28,29). The van der Waals surface area contributed by atoms with Crippen molar-refractivity contribution >= 4 is 34.5 Å². The minimum Gasteiger partial charge on any atom is -0.496 e. The number of carbonyl (C=O) groups excluding carboxylic acids is 2. The fraction of sp³-hybridized carbons (Fsp3) is 0.222. The van der Waals surface area contributed by atoms with Crippen molar-refractivity contribution in [3.05, 3.63) is 94.7 Å². The number of nitrogens with zero attached hydrogens (tertiary/aromatic N) is 4. The van der Waals surface area contributed by atoms with Gasteiger partial charge in [0.1, 0.15) is 5.75 Å². The molecule has 3 heterocycles. The molecule has 1 saturated heterocycles. The van der Waals surface area contributed by atoms with Crippen LogP contribution in [-0.4, -0.2) is 60.0 Å². The van der Waals surface area contributed by atoms with Gasteiger partial charge in [-0.05, 0) is 47.8 Å². The number of hydrogen-bond donors (Lipinski definition) is 1. The summed E-state index contributed by atoms with van der Waals surface area (Å²) in [7, 11) is 1.56. The van der Waals surface area contributed by atoms with Crippen LogP contribution in [0.2, 0.25) is 0 Å². The average Bonchev–Trinajstić information content (AvgIpc) is 3.66. The maximum Gasteiger partial charge on any atom is 0.264 e. The topological polar surface area (TPSA) is 81.8 Å². The van der Waals surface area contributed by atoms with Crippen LogP contribution in [0.15, 0.2) is 78.6 Å². The number of H-pyrrole nitrogens is 1. The highest BCUT2D eigenvalue weighted by Crippen LogP contribution is 2.27. The highest BCUT2D eigenvalue weighted by atomic mass is 32.1. The van der Waals surface area contributed by atoms with Crippen molar-refractivity contribution in [2.24, 2.45) is 0 Å².